The predicted octanol–water partition coefficient (Wildman–Crippen LogP) is 0.318. The molecular weight excluding hydrogens is 308 g/mol. The molecule has 2 heterocycles. The third-order valence-corrected chi connectivity index (χ3v) is 6.13. The zero-order valence-corrected chi connectivity index (χ0v) is 15.4. The van der Waals surface area contributed by atoms with Crippen LogP contribution in [0.2, 0.25) is 0 Å². The molecular formula is C18H34N2O4. The second-order valence-electron chi connectivity index (χ2n) is 8.10. The molecule has 0 amide bonds. The number of ether oxygens (including phenoxy) is 2. The van der Waals surface area contributed by atoms with Crippen LogP contribution in [-0.2, 0) is 9.47 Å². The second kappa shape index (κ2) is 7.56. The average molecular weight is 342 g/mol. The predicted molar refractivity (Wildman–Crippen MR) is 92.0 cm³/mol. The smallest absolute Gasteiger partial charge is 0.0992 e. The Morgan fingerprint density at radius 3 is 2.50 bits per heavy atom. The van der Waals surface area contributed by atoms with Crippen molar-refractivity contribution in [2.45, 2.75) is 63.5 Å². The van der Waals surface area contributed by atoms with E-state index in [2.05, 4.69) is 30.6 Å². The van der Waals surface area contributed by atoms with E-state index in [4.69, 9.17) is 9.47 Å². The molecule has 0 aromatic carbocycles. The minimum absolute atomic E-state index is 0.0549. The summed E-state index contributed by atoms with van der Waals surface area (Å²) < 4.78 is 11.5. The molecule has 0 aromatic heterocycles. The highest BCUT2D eigenvalue weighted by molar-refractivity contribution is 5.11. The molecule has 2 aliphatic heterocycles. The van der Waals surface area contributed by atoms with Crippen molar-refractivity contribution >= 4 is 0 Å². The van der Waals surface area contributed by atoms with Gasteiger partial charge >= 0.3 is 0 Å². The number of aliphatic hydroxyl groups excluding tert-OH is 1. The molecule has 3 fully saturated rings. The molecule has 2 N–H and O–H groups in total. The number of hydrogen-bond acceptors (Lipinski definition) is 6. The van der Waals surface area contributed by atoms with Crippen molar-refractivity contribution in [3.05, 3.63) is 0 Å². The van der Waals surface area contributed by atoms with Crippen LogP contribution < -0.4 is 0 Å². The van der Waals surface area contributed by atoms with E-state index in [1.54, 1.807) is 0 Å². The Balaban J connectivity index is 1.50. The zero-order chi connectivity index (χ0) is 17.3. The monoisotopic (exact) mass is 342 g/mol. The summed E-state index contributed by atoms with van der Waals surface area (Å²) in [6.45, 7) is 11.6. The van der Waals surface area contributed by atoms with Crippen molar-refractivity contribution in [2.24, 2.45) is 5.92 Å². The summed E-state index contributed by atoms with van der Waals surface area (Å²) in [6, 6.07) is 0.895. The van der Waals surface area contributed by atoms with Gasteiger partial charge in [-0.15, -0.1) is 0 Å². The molecule has 4 unspecified atom stereocenters. The molecule has 1 aliphatic carbocycles. The van der Waals surface area contributed by atoms with E-state index < -0.39 is 5.60 Å². The van der Waals surface area contributed by atoms with Gasteiger partial charge in [-0.1, -0.05) is 0 Å². The van der Waals surface area contributed by atoms with Gasteiger partial charge in [-0.25, -0.2) is 0 Å². The zero-order valence-electron chi connectivity index (χ0n) is 15.4. The van der Waals surface area contributed by atoms with Gasteiger partial charge in [0.2, 0.25) is 0 Å². The van der Waals surface area contributed by atoms with E-state index in [9.17, 15) is 10.2 Å². The minimum Gasteiger partial charge on any atom is -0.394 e. The number of rotatable bonds is 6. The van der Waals surface area contributed by atoms with Gasteiger partial charge in [0.25, 0.3) is 0 Å². The minimum atomic E-state index is -0.648. The molecule has 0 bridgehead atoms. The van der Waals surface area contributed by atoms with Crippen LogP contribution in [0.15, 0.2) is 0 Å². The lowest BCUT2D eigenvalue weighted by atomic mass is 10.0. The summed E-state index contributed by atoms with van der Waals surface area (Å²) in [6.07, 6.45) is 1.71. The Morgan fingerprint density at radius 2 is 1.79 bits per heavy atom. The molecule has 3 rings (SSSR count). The Labute approximate surface area is 145 Å². The third kappa shape index (κ3) is 3.94. The second-order valence-corrected chi connectivity index (χ2v) is 8.10. The molecule has 24 heavy (non-hydrogen) atoms. The summed E-state index contributed by atoms with van der Waals surface area (Å²) in [5.74, 6) is 0.319. The van der Waals surface area contributed by atoms with Crippen molar-refractivity contribution in [3.63, 3.8) is 0 Å². The summed E-state index contributed by atoms with van der Waals surface area (Å²) in [5, 5.41) is 20.3. The maximum absolute atomic E-state index is 11.0. The fourth-order valence-electron chi connectivity index (χ4n) is 4.27. The molecule has 6 heteroatoms. The van der Waals surface area contributed by atoms with E-state index >= 15 is 0 Å². The van der Waals surface area contributed by atoms with Crippen LogP contribution in [0.4, 0.5) is 0 Å². The van der Waals surface area contributed by atoms with Crippen molar-refractivity contribution in [3.8, 4) is 0 Å². The summed E-state index contributed by atoms with van der Waals surface area (Å²) in [7, 11) is 0. The molecule has 6 nitrogen and oxygen atoms in total. The fraction of sp³-hybridized carbons (Fsp3) is 1.00. The van der Waals surface area contributed by atoms with Gasteiger partial charge in [-0.3, -0.25) is 9.80 Å². The molecule has 2 saturated heterocycles. The highest BCUT2D eigenvalue weighted by Gasteiger charge is 2.59. The van der Waals surface area contributed by atoms with Gasteiger partial charge < -0.3 is 19.7 Å². The first kappa shape index (κ1) is 18.5. The maximum atomic E-state index is 11.0. The Kier molecular flexibility index (Phi) is 5.84. The largest absolute Gasteiger partial charge is 0.394 e. The van der Waals surface area contributed by atoms with Crippen molar-refractivity contribution in [1.29, 1.82) is 0 Å². The van der Waals surface area contributed by atoms with E-state index in [0.29, 0.717) is 24.6 Å². The van der Waals surface area contributed by atoms with Crippen LogP contribution in [0.3, 0.4) is 0 Å². The topological polar surface area (TPSA) is 65.4 Å². The number of morpholine rings is 2. The molecule has 1 saturated carbocycles. The van der Waals surface area contributed by atoms with Gasteiger partial charge in [0.05, 0.1) is 37.6 Å². The number of nitrogens with zero attached hydrogens (tertiary/aromatic N) is 2. The molecule has 140 valence electrons. The molecule has 0 spiro atoms. The van der Waals surface area contributed by atoms with Crippen molar-refractivity contribution in [1.82, 2.24) is 9.80 Å². The lowest BCUT2D eigenvalue weighted by Crippen LogP contribution is -2.52. The van der Waals surface area contributed by atoms with Gasteiger partial charge in [0.1, 0.15) is 0 Å². The van der Waals surface area contributed by atoms with E-state index in [-0.39, 0.29) is 18.8 Å². The summed E-state index contributed by atoms with van der Waals surface area (Å²) >= 11 is 0. The van der Waals surface area contributed by atoms with Crippen LogP contribution in [0.25, 0.3) is 0 Å². The number of aliphatic hydroxyl groups is 2. The van der Waals surface area contributed by atoms with Crippen LogP contribution in [0, 0.1) is 5.92 Å². The van der Waals surface area contributed by atoms with Crippen molar-refractivity contribution < 1.29 is 19.7 Å². The molecule has 0 radical (unpaired) electrons. The SMILES string of the molecule is CC(C)N1CCO[C@H](C2(O)CC2CC(C)N2CCOC(CO)C2)C1. The standard InChI is InChI=1S/C18H34N2O4/c1-13(2)19-4-7-24-17(11-19)18(22)9-15(18)8-14(3)20-5-6-23-16(10-20)12-21/h13-17,21-22H,4-12H2,1-3H3/t14?,15?,16?,17-,18?/m0/s1. The van der Waals surface area contributed by atoms with Gasteiger partial charge in [-0.2, -0.15) is 0 Å². The maximum Gasteiger partial charge on any atom is 0.0992 e. The first-order valence-electron chi connectivity index (χ1n) is 9.48. The van der Waals surface area contributed by atoms with Crippen LogP contribution in [0.1, 0.15) is 33.6 Å². The van der Waals surface area contributed by atoms with Gasteiger partial charge in [-0.05, 0) is 39.5 Å². The molecule has 5 atom stereocenters. The van der Waals surface area contributed by atoms with E-state index in [1.807, 2.05) is 0 Å². The van der Waals surface area contributed by atoms with Crippen molar-refractivity contribution in [2.75, 3.05) is 46.0 Å². The highest BCUT2D eigenvalue weighted by Crippen LogP contribution is 2.51. The third-order valence-electron chi connectivity index (χ3n) is 6.13. The average Bonchev–Trinajstić information content (AvgIpc) is 3.26. The fourth-order valence-corrected chi connectivity index (χ4v) is 4.27. The Hall–Kier alpha value is -0.240. The highest BCUT2D eigenvalue weighted by atomic mass is 16.5. The van der Waals surface area contributed by atoms with Crippen LogP contribution >= 0.6 is 0 Å². The van der Waals surface area contributed by atoms with E-state index in [1.165, 1.54) is 0 Å². The van der Waals surface area contributed by atoms with Gasteiger partial charge in [0.15, 0.2) is 0 Å². The lowest BCUT2D eigenvalue weighted by Gasteiger charge is -2.39. The van der Waals surface area contributed by atoms with Gasteiger partial charge in [0, 0.05) is 38.3 Å². The summed E-state index contributed by atoms with van der Waals surface area (Å²) in [4.78, 5) is 4.78. The Morgan fingerprint density at radius 1 is 1.08 bits per heavy atom. The first-order valence-corrected chi connectivity index (χ1v) is 9.48. The van der Waals surface area contributed by atoms with E-state index in [0.717, 1.165) is 45.6 Å². The first-order chi connectivity index (χ1) is 11.4. The van der Waals surface area contributed by atoms with Crippen LogP contribution in [-0.4, -0.2) is 95.9 Å². The quantitative estimate of drug-likeness (QED) is 0.725. The summed E-state index contributed by atoms with van der Waals surface area (Å²) in [5.41, 5.74) is -0.648. The lowest BCUT2D eigenvalue weighted by molar-refractivity contribution is -0.113. The Bertz CT molecular complexity index is 422. The molecule has 3 aliphatic rings. The molecule has 0 aromatic rings. The van der Waals surface area contributed by atoms with Crippen LogP contribution in [0.5, 0.6) is 0 Å². The normalized spacial score (nSPS) is 40.0. The number of hydrogen-bond donors (Lipinski definition) is 2.